The first-order chi connectivity index (χ1) is 8.52. The molecule has 96 valence electrons. The van der Waals surface area contributed by atoms with E-state index in [2.05, 4.69) is 0 Å². The average molecular weight is 247 g/mol. The van der Waals surface area contributed by atoms with E-state index in [0.717, 1.165) is 22.2 Å². The van der Waals surface area contributed by atoms with Crippen LogP contribution < -0.4 is 4.74 Å². The zero-order valence-electron chi connectivity index (χ0n) is 10.8. The highest BCUT2D eigenvalue weighted by Gasteiger charge is 2.14. The van der Waals surface area contributed by atoms with Gasteiger partial charge in [-0.3, -0.25) is 4.79 Å². The number of carbonyl (C=O) groups is 1. The molecule has 1 aromatic heterocycles. The Kier molecular flexibility index (Phi) is 3.28. The molecule has 2 rings (SSSR count). The first-order valence-electron chi connectivity index (χ1n) is 5.87. The summed E-state index contributed by atoms with van der Waals surface area (Å²) in [5, 5.41) is 10.0. The molecule has 0 amide bonds. The van der Waals surface area contributed by atoms with E-state index >= 15 is 0 Å². The predicted molar refractivity (Wildman–Crippen MR) is 70.0 cm³/mol. The molecule has 4 nitrogen and oxygen atoms in total. The second kappa shape index (κ2) is 4.72. The molecular weight excluding hydrogens is 230 g/mol. The highest BCUT2D eigenvalue weighted by molar-refractivity contribution is 5.87. The summed E-state index contributed by atoms with van der Waals surface area (Å²) in [6, 6.07) is 5.94. The highest BCUT2D eigenvalue weighted by atomic mass is 16.5. The molecule has 1 aromatic carbocycles. The molecule has 0 aliphatic carbocycles. The molecule has 1 N–H and O–H groups in total. The van der Waals surface area contributed by atoms with Crippen molar-refractivity contribution >= 4 is 16.9 Å². The van der Waals surface area contributed by atoms with Crippen molar-refractivity contribution in [3.63, 3.8) is 0 Å². The van der Waals surface area contributed by atoms with Crippen molar-refractivity contribution < 1.29 is 14.6 Å². The minimum absolute atomic E-state index is 0.396. The zero-order chi connectivity index (χ0) is 13.3. The lowest BCUT2D eigenvalue weighted by Gasteiger charge is -2.10. The van der Waals surface area contributed by atoms with Gasteiger partial charge in [0.05, 0.1) is 18.5 Å². The van der Waals surface area contributed by atoms with E-state index < -0.39 is 11.9 Å². The third-order valence-electron chi connectivity index (χ3n) is 3.21. The van der Waals surface area contributed by atoms with Crippen molar-refractivity contribution in [2.45, 2.75) is 13.3 Å². The van der Waals surface area contributed by atoms with E-state index in [0.29, 0.717) is 6.42 Å². The maximum absolute atomic E-state index is 10.9. The van der Waals surface area contributed by atoms with Crippen molar-refractivity contribution in [1.29, 1.82) is 0 Å². The molecule has 1 unspecified atom stereocenters. The molecule has 0 radical (unpaired) electrons. The van der Waals surface area contributed by atoms with E-state index in [9.17, 15) is 4.79 Å². The summed E-state index contributed by atoms with van der Waals surface area (Å²) in [5.41, 5.74) is 2.04. The lowest BCUT2D eigenvalue weighted by molar-refractivity contribution is -0.141. The van der Waals surface area contributed by atoms with Gasteiger partial charge in [-0.2, -0.15) is 0 Å². The number of methoxy groups -OCH3 is 1. The largest absolute Gasteiger partial charge is 0.496 e. The number of hydrogen-bond donors (Lipinski definition) is 1. The molecule has 0 bridgehead atoms. The van der Waals surface area contributed by atoms with Gasteiger partial charge in [0.1, 0.15) is 5.75 Å². The van der Waals surface area contributed by atoms with Gasteiger partial charge in [0.15, 0.2) is 0 Å². The van der Waals surface area contributed by atoms with Crippen LogP contribution in [0.4, 0.5) is 0 Å². The Morgan fingerprint density at radius 1 is 1.50 bits per heavy atom. The van der Waals surface area contributed by atoms with Crippen LogP contribution in [0, 0.1) is 5.92 Å². The number of ether oxygens (including phenoxy) is 1. The van der Waals surface area contributed by atoms with Gasteiger partial charge >= 0.3 is 5.97 Å². The van der Waals surface area contributed by atoms with Gasteiger partial charge in [0, 0.05) is 18.6 Å². The number of benzene rings is 1. The van der Waals surface area contributed by atoms with Crippen molar-refractivity contribution in [3.05, 3.63) is 30.0 Å². The van der Waals surface area contributed by atoms with E-state index in [1.807, 2.05) is 36.0 Å². The number of aliphatic carboxylic acids is 1. The van der Waals surface area contributed by atoms with Crippen LogP contribution in [-0.2, 0) is 18.3 Å². The number of hydrogen-bond acceptors (Lipinski definition) is 2. The maximum Gasteiger partial charge on any atom is 0.306 e. The summed E-state index contributed by atoms with van der Waals surface area (Å²) in [7, 11) is 3.60. The van der Waals surface area contributed by atoms with Crippen molar-refractivity contribution in [3.8, 4) is 5.75 Å². The molecule has 18 heavy (non-hydrogen) atoms. The smallest absolute Gasteiger partial charge is 0.306 e. The lowest BCUT2D eigenvalue weighted by Crippen LogP contribution is -2.12. The summed E-state index contributed by atoms with van der Waals surface area (Å²) in [6.45, 7) is 1.71. The molecule has 2 aromatic rings. The van der Waals surface area contributed by atoms with Crippen LogP contribution in [0.1, 0.15) is 12.5 Å². The number of aryl methyl sites for hydroxylation is 1. The Morgan fingerprint density at radius 2 is 2.22 bits per heavy atom. The number of nitrogens with zero attached hydrogens (tertiary/aromatic N) is 1. The van der Waals surface area contributed by atoms with Crippen molar-refractivity contribution in [2.75, 3.05) is 7.11 Å². The van der Waals surface area contributed by atoms with Crippen molar-refractivity contribution in [2.24, 2.45) is 13.0 Å². The average Bonchev–Trinajstić information content (AvgIpc) is 2.70. The summed E-state index contributed by atoms with van der Waals surface area (Å²) in [6.07, 6.45) is 2.48. The van der Waals surface area contributed by atoms with Crippen LogP contribution in [0.2, 0.25) is 0 Å². The number of fused-ring (bicyclic) bond motifs is 1. The minimum atomic E-state index is -0.777. The van der Waals surface area contributed by atoms with E-state index in [1.165, 1.54) is 0 Å². The highest BCUT2D eigenvalue weighted by Crippen LogP contribution is 2.29. The number of carboxylic acids is 1. The Hall–Kier alpha value is -1.97. The molecule has 1 heterocycles. The minimum Gasteiger partial charge on any atom is -0.496 e. The summed E-state index contributed by atoms with van der Waals surface area (Å²) >= 11 is 0. The first kappa shape index (κ1) is 12.5. The predicted octanol–water partition coefficient (Wildman–Crippen LogP) is 2.45. The van der Waals surface area contributed by atoms with Crippen molar-refractivity contribution in [1.82, 2.24) is 4.57 Å². The van der Waals surface area contributed by atoms with Crippen LogP contribution in [0.15, 0.2) is 24.4 Å². The van der Waals surface area contributed by atoms with Gasteiger partial charge < -0.3 is 14.4 Å². The fourth-order valence-electron chi connectivity index (χ4n) is 2.12. The maximum atomic E-state index is 10.9. The Bertz CT molecular complexity index is 586. The Balaban J connectivity index is 2.45. The third-order valence-corrected chi connectivity index (χ3v) is 3.21. The van der Waals surface area contributed by atoms with Gasteiger partial charge in [-0.15, -0.1) is 0 Å². The number of aromatic nitrogens is 1. The van der Waals surface area contributed by atoms with Gasteiger partial charge in [0.2, 0.25) is 0 Å². The first-order valence-corrected chi connectivity index (χ1v) is 5.87. The zero-order valence-corrected chi connectivity index (χ0v) is 10.8. The second-order valence-electron chi connectivity index (χ2n) is 4.60. The molecule has 0 saturated heterocycles. The topological polar surface area (TPSA) is 51.5 Å². The van der Waals surface area contributed by atoms with Gasteiger partial charge in [-0.25, -0.2) is 0 Å². The monoisotopic (exact) mass is 247 g/mol. The van der Waals surface area contributed by atoms with Crippen LogP contribution >= 0.6 is 0 Å². The Labute approximate surface area is 106 Å². The van der Waals surface area contributed by atoms with E-state index in [4.69, 9.17) is 9.84 Å². The molecule has 0 fully saturated rings. The third kappa shape index (κ3) is 2.18. The molecule has 0 saturated carbocycles. The molecule has 0 spiro atoms. The molecule has 4 heteroatoms. The lowest BCUT2D eigenvalue weighted by atomic mass is 10.00. The Morgan fingerprint density at radius 3 is 2.83 bits per heavy atom. The quantitative estimate of drug-likeness (QED) is 0.902. The fraction of sp³-hybridized carbons (Fsp3) is 0.357. The fourth-order valence-corrected chi connectivity index (χ4v) is 2.12. The summed E-state index contributed by atoms with van der Waals surface area (Å²) in [5.74, 6) is -0.381. The SMILES string of the molecule is COc1cc(CC(C)C(=O)O)cc2c1ccn2C. The van der Waals surface area contributed by atoms with Gasteiger partial charge in [0.25, 0.3) is 0 Å². The number of rotatable bonds is 4. The van der Waals surface area contributed by atoms with Crippen LogP contribution in [0.5, 0.6) is 5.75 Å². The summed E-state index contributed by atoms with van der Waals surface area (Å²) < 4.78 is 7.37. The number of carboxylic acid groups (broad SMARTS) is 1. The van der Waals surface area contributed by atoms with Gasteiger partial charge in [-0.1, -0.05) is 6.92 Å². The van der Waals surface area contributed by atoms with E-state index in [1.54, 1.807) is 14.0 Å². The molecule has 0 aliphatic rings. The summed E-state index contributed by atoms with van der Waals surface area (Å²) in [4.78, 5) is 10.9. The standard InChI is InChI=1S/C14H17NO3/c1-9(14(16)17)6-10-7-12-11(4-5-15(12)2)13(8-10)18-3/h4-5,7-9H,6H2,1-3H3,(H,16,17). The normalized spacial score (nSPS) is 12.6. The van der Waals surface area contributed by atoms with E-state index in [-0.39, 0.29) is 0 Å². The molecule has 1 atom stereocenters. The molecule has 0 aliphatic heterocycles. The van der Waals surface area contributed by atoms with Crippen LogP contribution in [0.3, 0.4) is 0 Å². The van der Waals surface area contributed by atoms with Gasteiger partial charge in [-0.05, 0) is 30.2 Å². The molecular formula is C14H17NO3. The van der Waals surface area contributed by atoms with Crippen LogP contribution in [-0.4, -0.2) is 22.8 Å². The van der Waals surface area contributed by atoms with Crippen LogP contribution in [0.25, 0.3) is 10.9 Å². The second-order valence-corrected chi connectivity index (χ2v) is 4.60.